The van der Waals surface area contributed by atoms with Crippen LogP contribution in [0.4, 0.5) is 0 Å². The Hall–Kier alpha value is -3.38. The highest BCUT2D eigenvalue weighted by Crippen LogP contribution is 2.29. The van der Waals surface area contributed by atoms with Crippen molar-refractivity contribution in [1.29, 1.82) is 0 Å². The number of ether oxygens (including phenoxy) is 2. The molecule has 0 bridgehead atoms. The summed E-state index contributed by atoms with van der Waals surface area (Å²) in [4.78, 5) is 21.0. The average Bonchev–Trinajstić information content (AvgIpc) is 3.36. The van der Waals surface area contributed by atoms with Gasteiger partial charge in [-0.3, -0.25) is 4.79 Å². The molecule has 2 aromatic carbocycles. The second kappa shape index (κ2) is 9.18. The summed E-state index contributed by atoms with van der Waals surface area (Å²) in [5, 5.41) is 2.88. The van der Waals surface area contributed by atoms with E-state index in [1.54, 1.807) is 30.5 Å². The molecule has 2 aromatic heterocycles. The second-order valence-electron chi connectivity index (χ2n) is 7.22. The van der Waals surface area contributed by atoms with Crippen molar-refractivity contribution in [3.8, 4) is 22.1 Å². The number of hydrogen-bond donors (Lipinski definition) is 0. The van der Waals surface area contributed by atoms with Crippen molar-refractivity contribution in [2.24, 2.45) is 0 Å². The Kier molecular flexibility index (Phi) is 6.18. The normalized spacial score (nSPS) is 10.8. The van der Waals surface area contributed by atoms with E-state index < -0.39 is 0 Å². The van der Waals surface area contributed by atoms with Crippen LogP contribution in [0.5, 0.6) is 11.5 Å². The van der Waals surface area contributed by atoms with Crippen LogP contribution in [0.2, 0.25) is 0 Å². The van der Waals surface area contributed by atoms with Gasteiger partial charge < -0.3 is 14.4 Å². The number of benzene rings is 2. The second-order valence-corrected chi connectivity index (χ2v) is 8.16. The van der Waals surface area contributed by atoms with Crippen LogP contribution < -0.4 is 9.47 Å². The number of methoxy groups -OCH3 is 2. The van der Waals surface area contributed by atoms with Crippen LogP contribution in [0, 0.1) is 0 Å². The van der Waals surface area contributed by atoms with Crippen molar-refractivity contribution in [3.05, 3.63) is 77.2 Å². The molecule has 0 radical (unpaired) electrons. The number of hydrogen-bond acceptors (Lipinski definition) is 5. The largest absolute Gasteiger partial charge is 0.493 e. The molecule has 0 atom stereocenters. The SMILES string of the molecule is COc1ccc(CCN(C)C(=O)c2cc(-c3cccs3)nc3ccccc23)cc1OC. The molecule has 0 aliphatic heterocycles. The van der Waals surface area contributed by atoms with Gasteiger partial charge in [-0.1, -0.05) is 30.3 Å². The maximum atomic E-state index is 13.4. The third kappa shape index (κ3) is 4.39. The molecule has 0 aliphatic rings. The summed E-state index contributed by atoms with van der Waals surface area (Å²) >= 11 is 1.62. The Morgan fingerprint density at radius 3 is 2.55 bits per heavy atom. The zero-order chi connectivity index (χ0) is 21.8. The summed E-state index contributed by atoms with van der Waals surface area (Å²) in [5.74, 6) is 1.37. The molecule has 0 aliphatic carbocycles. The topological polar surface area (TPSA) is 51.7 Å². The fraction of sp³-hybridized carbons (Fsp3) is 0.200. The summed E-state index contributed by atoms with van der Waals surface area (Å²) in [6, 6.07) is 19.6. The van der Waals surface area contributed by atoms with Crippen molar-refractivity contribution in [2.45, 2.75) is 6.42 Å². The van der Waals surface area contributed by atoms with Gasteiger partial charge in [-0.15, -0.1) is 11.3 Å². The Balaban J connectivity index is 1.59. The van der Waals surface area contributed by atoms with Crippen molar-refractivity contribution >= 4 is 28.1 Å². The first-order valence-electron chi connectivity index (χ1n) is 10.0. The smallest absolute Gasteiger partial charge is 0.254 e. The maximum absolute atomic E-state index is 13.4. The van der Waals surface area contributed by atoms with Crippen molar-refractivity contribution in [2.75, 3.05) is 27.8 Å². The van der Waals surface area contributed by atoms with E-state index in [1.165, 1.54) is 0 Å². The van der Waals surface area contributed by atoms with E-state index in [0.29, 0.717) is 30.0 Å². The Labute approximate surface area is 185 Å². The van der Waals surface area contributed by atoms with Crippen LogP contribution in [0.15, 0.2) is 66.0 Å². The number of thiophene rings is 1. The van der Waals surface area contributed by atoms with Crippen molar-refractivity contribution in [1.82, 2.24) is 9.88 Å². The molecule has 4 rings (SSSR count). The van der Waals surface area contributed by atoms with E-state index in [-0.39, 0.29) is 5.91 Å². The Bertz CT molecular complexity index is 1200. The highest BCUT2D eigenvalue weighted by Gasteiger charge is 2.18. The number of nitrogens with zero attached hydrogens (tertiary/aromatic N) is 2. The van der Waals surface area contributed by atoms with E-state index >= 15 is 0 Å². The Morgan fingerprint density at radius 2 is 1.81 bits per heavy atom. The van der Waals surface area contributed by atoms with Crippen LogP contribution >= 0.6 is 11.3 Å². The molecule has 1 amide bonds. The third-order valence-electron chi connectivity index (χ3n) is 5.25. The van der Waals surface area contributed by atoms with Gasteiger partial charge in [0.1, 0.15) is 0 Å². The zero-order valence-corrected chi connectivity index (χ0v) is 18.6. The van der Waals surface area contributed by atoms with Gasteiger partial charge in [-0.2, -0.15) is 0 Å². The fourth-order valence-electron chi connectivity index (χ4n) is 3.54. The lowest BCUT2D eigenvalue weighted by atomic mass is 10.1. The van der Waals surface area contributed by atoms with Gasteiger partial charge in [0, 0.05) is 19.0 Å². The molecular weight excluding hydrogens is 408 g/mol. The van der Waals surface area contributed by atoms with Gasteiger partial charge in [-0.25, -0.2) is 4.98 Å². The van der Waals surface area contributed by atoms with Crippen LogP contribution in [-0.4, -0.2) is 43.6 Å². The first-order valence-corrected chi connectivity index (χ1v) is 10.9. The maximum Gasteiger partial charge on any atom is 0.254 e. The molecule has 158 valence electrons. The van der Waals surface area contributed by atoms with E-state index in [9.17, 15) is 4.79 Å². The molecule has 5 nitrogen and oxygen atoms in total. The average molecular weight is 433 g/mol. The highest BCUT2D eigenvalue weighted by molar-refractivity contribution is 7.13. The third-order valence-corrected chi connectivity index (χ3v) is 6.14. The lowest BCUT2D eigenvalue weighted by Gasteiger charge is -2.19. The van der Waals surface area contributed by atoms with Crippen LogP contribution in [0.25, 0.3) is 21.5 Å². The Morgan fingerprint density at radius 1 is 1.00 bits per heavy atom. The minimum absolute atomic E-state index is 0.0168. The fourth-order valence-corrected chi connectivity index (χ4v) is 4.23. The minimum Gasteiger partial charge on any atom is -0.493 e. The monoisotopic (exact) mass is 432 g/mol. The number of carbonyl (C=O) groups is 1. The number of amides is 1. The molecule has 31 heavy (non-hydrogen) atoms. The van der Waals surface area contributed by atoms with E-state index in [4.69, 9.17) is 14.5 Å². The molecule has 0 saturated heterocycles. The number of fused-ring (bicyclic) bond motifs is 1. The van der Waals surface area contributed by atoms with Gasteiger partial charge in [0.25, 0.3) is 5.91 Å². The number of pyridine rings is 1. The van der Waals surface area contributed by atoms with Gasteiger partial charge >= 0.3 is 0 Å². The number of rotatable bonds is 7. The molecule has 0 N–H and O–H groups in total. The molecule has 2 heterocycles. The van der Waals surface area contributed by atoms with Crippen molar-refractivity contribution in [3.63, 3.8) is 0 Å². The molecule has 0 saturated carbocycles. The predicted octanol–water partition coefficient (Wildman–Crippen LogP) is 5.30. The predicted molar refractivity (Wildman–Crippen MR) is 125 cm³/mol. The number of aromatic nitrogens is 1. The number of carbonyl (C=O) groups excluding carboxylic acids is 1. The summed E-state index contributed by atoms with van der Waals surface area (Å²) in [6.07, 6.45) is 0.712. The standard InChI is InChI=1S/C25H24N2O3S/c1-27(13-12-17-10-11-22(29-2)23(15-17)30-3)25(28)19-16-21(24-9-6-14-31-24)26-20-8-5-4-7-18(19)20/h4-11,14-16H,12-13H2,1-3H3. The van der Waals surface area contributed by atoms with Crippen LogP contribution in [-0.2, 0) is 6.42 Å². The van der Waals surface area contributed by atoms with Gasteiger partial charge in [0.2, 0.25) is 0 Å². The van der Waals surface area contributed by atoms with E-state index in [0.717, 1.165) is 27.0 Å². The summed E-state index contributed by atoms with van der Waals surface area (Å²) in [6.45, 7) is 0.583. The molecule has 0 fully saturated rings. The minimum atomic E-state index is -0.0168. The molecule has 4 aromatic rings. The molecule has 0 spiro atoms. The molecular formula is C25H24N2O3S. The van der Waals surface area contributed by atoms with E-state index in [2.05, 4.69) is 0 Å². The van der Waals surface area contributed by atoms with Gasteiger partial charge in [-0.05, 0) is 47.7 Å². The quantitative estimate of drug-likeness (QED) is 0.398. The zero-order valence-electron chi connectivity index (χ0n) is 17.8. The van der Waals surface area contributed by atoms with Gasteiger partial charge in [0.05, 0.1) is 35.9 Å². The van der Waals surface area contributed by atoms with Crippen molar-refractivity contribution < 1.29 is 14.3 Å². The lowest BCUT2D eigenvalue weighted by Crippen LogP contribution is -2.29. The van der Waals surface area contributed by atoms with Crippen LogP contribution in [0.1, 0.15) is 15.9 Å². The van der Waals surface area contributed by atoms with E-state index in [1.807, 2.05) is 73.1 Å². The first kappa shape index (κ1) is 20.9. The van der Waals surface area contributed by atoms with Gasteiger partial charge in [0.15, 0.2) is 11.5 Å². The first-order chi connectivity index (χ1) is 15.1. The number of para-hydroxylation sites is 1. The lowest BCUT2D eigenvalue weighted by molar-refractivity contribution is 0.0798. The summed E-state index contributed by atoms with van der Waals surface area (Å²) in [5.41, 5.74) is 3.40. The van der Waals surface area contributed by atoms with Crippen LogP contribution in [0.3, 0.4) is 0 Å². The highest BCUT2D eigenvalue weighted by atomic mass is 32.1. The summed E-state index contributed by atoms with van der Waals surface area (Å²) < 4.78 is 10.7. The number of likely N-dealkylation sites (N-methyl/N-ethyl adjacent to an activating group) is 1. The molecule has 6 heteroatoms. The molecule has 0 unspecified atom stereocenters. The summed E-state index contributed by atoms with van der Waals surface area (Å²) in [7, 11) is 5.08.